The number of hydrogen-bond acceptors (Lipinski definition) is 6. The van der Waals surface area contributed by atoms with Crippen molar-refractivity contribution in [1.29, 1.82) is 0 Å². The molecular weight excluding hydrogens is 252 g/mol. The molecule has 9 heteroatoms. The minimum absolute atomic E-state index is 1.75. The van der Waals surface area contributed by atoms with Crippen LogP contribution in [0.2, 0.25) is 0 Å². The Morgan fingerprint density at radius 2 is 1.24 bits per heavy atom. The van der Waals surface area contributed by atoms with Gasteiger partial charge in [-0.2, -0.15) is 14.0 Å². The lowest BCUT2D eigenvalue weighted by Crippen LogP contribution is -2.58. The largest absolute Gasteiger partial charge is 0.341 e. The van der Waals surface area contributed by atoms with Gasteiger partial charge in [0.25, 0.3) is 0 Å². The van der Waals surface area contributed by atoms with Crippen LogP contribution in [0.4, 0.5) is 0 Å². The molecule has 0 aliphatic heterocycles. The Hall–Kier alpha value is -1.45. The second-order valence-electron chi connectivity index (χ2n) is 2.85. The van der Waals surface area contributed by atoms with Gasteiger partial charge < -0.3 is 9.13 Å². The van der Waals surface area contributed by atoms with Crippen molar-refractivity contribution >= 4 is 0 Å². The zero-order valence-electron chi connectivity index (χ0n) is 9.30. The van der Waals surface area contributed by atoms with Crippen molar-refractivity contribution in [3.05, 3.63) is 37.4 Å². The van der Waals surface area contributed by atoms with Gasteiger partial charge in [0.15, 0.2) is 0 Å². The molecule has 0 aromatic carbocycles. The maximum atomic E-state index is 8.60. The first-order valence-corrected chi connectivity index (χ1v) is 5.52. The van der Waals surface area contributed by atoms with E-state index in [0.29, 0.717) is 0 Å². The van der Waals surface area contributed by atoms with Gasteiger partial charge in [-0.3, -0.25) is 0 Å². The van der Waals surface area contributed by atoms with E-state index < -0.39 is 10.2 Å². The Kier molecular flexibility index (Phi) is 7.10. The second kappa shape index (κ2) is 7.76. The summed E-state index contributed by atoms with van der Waals surface area (Å²) in [5, 5.41) is 0. The number of aromatic nitrogens is 4. The fourth-order valence-electron chi connectivity index (χ4n) is 0.652. The highest BCUT2D eigenvalue weighted by molar-refractivity contribution is 4.70. The van der Waals surface area contributed by atoms with Crippen molar-refractivity contribution in [3.63, 3.8) is 0 Å². The lowest BCUT2D eigenvalue weighted by molar-refractivity contribution is -1.92. The highest BCUT2D eigenvalue weighted by Crippen LogP contribution is 1.74. The lowest BCUT2D eigenvalue weighted by Gasteiger charge is -2.03. The van der Waals surface area contributed by atoms with E-state index in [0.717, 1.165) is 0 Å². The van der Waals surface area contributed by atoms with Crippen LogP contribution in [0.15, 0.2) is 37.4 Å². The van der Waals surface area contributed by atoms with Gasteiger partial charge in [-0.1, -0.05) is 0 Å². The Morgan fingerprint density at radius 1 is 0.941 bits per heavy atom. The van der Waals surface area contributed by atoms with Crippen molar-refractivity contribution in [2.24, 2.45) is 14.1 Å². The molecule has 2 rings (SSSR count). The Labute approximate surface area is 100 Å². The number of hydrogen-bond donors (Lipinski definition) is 1. The summed E-state index contributed by atoms with van der Waals surface area (Å²) in [6.45, 7) is 0. The van der Waals surface area contributed by atoms with Crippen molar-refractivity contribution in [2.45, 2.75) is 0 Å². The van der Waals surface area contributed by atoms with E-state index in [1.165, 1.54) is 0 Å². The summed E-state index contributed by atoms with van der Waals surface area (Å²) in [4.78, 5) is 7.57. The summed E-state index contributed by atoms with van der Waals surface area (Å²) in [6, 6.07) is 0. The first-order chi connectivity index (χ1) is 7.79. The third-order valence-electron chi connectivity index (χ3n) is 1.27. The maximum Gasteiger partial charge on any atom is 0.0943 e. The third-order valence-corrected chi connectivity index (χ3v) is 1.27. The SMILES string of the molecule is Cn1ccnc1.Cn1ccnc1.[O-][Cl+3]([O-])([O-])O. The summed E-state index contributed by atoms with van der Waals surface area (Å²) < 4.78 is 36.5. The number of imidazole rings is 2. The van der Waals surface area contributed by atoms with E-state index in [4.69, 9.17) is 18.6 Å². The minimum Gasteiger partial charge on any atom is -0.341 e. The summed E-state index contributed by atoms with van der Waals surface area (Å²) >= 11 is 0. The van der Waals surface area contributed by atoms with E-state index in [1.807, 2.05) is 35.6 Å². The highest BCUT2D eigenvalue weighted by Gasteiger charge is 1.98. The van der Waals surface area contributed by atoms with E-state index in [9.17, 15) is 0 Å². The van der Waals surface area contributed by atoms with Crippen molar-refractivity contribution in [3.8, 4) is 0 Å². The molecule has 0 bridgehead atoms. The smallest absolute Gasteiger partial charge is 0.0943 e. The van der Waals surface area contributed by atoms with Gasteiger partial charge >= 0.3 is 0 Å². The van der Waals surface area contributed by atoms with E-state index in [1.54, 1.807) is 25.0 Å². The first-order valence-electron chi connectivity index (χ1n) is 4.26. The number of aryl methyl sites for hydroxylation is 2. The fourth-order valence-corrected chi connectivity index (χ4v) is 0.652. The third kappa shape index (κ3) is 14.6. The normalized spacial score (nSPS) is 9.76. The van der Waals surface area contributed by atoms with E-state index >= 15 is 0 Å². The predicted molar refractivity (Wildman–Crippen MR) is 48.6 cm³/mol. The van der Waals surface area contributed by atoms with Crippen LogP contribution in [0.1, 0.15) is 0 Å². The molecular formula is C8H13ClN4O4. The minimum atomic E-state index is -4.69. The molecule has 0 radical (unpaired) electrons. The monoisotopic (exact) mass is 264 g/mol. The van der Waals surface area contributed by atoms with Crippen LogP contribution in [0.5, 0.6) is 0 Å². The average molecular weight is 265 g/mol. The first kappa shape index (κ1) is 15.6. The fraction of sp³-hybridized carbons (Fsp3) is 0.250. The molecule has 96 valence electrons. The zero-order chi connectivity index (χ0) is 13.3. The van der Waals surface area contributed by atoms with Gasteiger partial charge in [-0.15, -0.1) is 0 Å². The molecule has 8 nitrogen and oxygen atoms in total. The van der Waals surface area contributed by atoms with Gasteiger partial charge in [-0.05, 0) is 0 Å². The summed E-state index contributed by atoms with van der Waals surface area (Å²) in [7, 11) is -0.819. The molecule has 0 atom stereocenters. The van der Waals surface area contributed by atoms with Gasteiger partial charge in [0.2, 0.25) is 0 Å². The zero-order valence-corrected chi connectivity index (χ0v) is 10.1. The van der Waals surface area contributed by atoms with Gasteiger partial charge in [0.05, 0.1) is 27.6 Å². The topological polar surface area (TPSA) is 125 Å². The molecule has 0 spiro atoms. The van der Waals surface area contributed by atoms with Gasteiger partial charge in [-0.25, -0.2) is 9.97 Å². The summed E-state index contributed by atoms with van der Waals surface area (Å²) in [5.41, 5.74) is 0. The van der Waals surface area contributed by atoms with Crippen molar-refractivity contribution < 1.29 is 28.9 Å². The number of nitrogens with zero attached hydrogens (tertiary/aromatic N) is 4. The standard InChI is InChI=1S/2C4H6N2.ClHO4/c2*1-6-3-2-5-4-6;2-1(3,4)5/h2*2-4H,1H3;(H,2,3,4,5). The van der Waals surface area contributed by atoms with Crippen LogP contribution in [-0.4, -0.2) is 23.8 Å². The van der Waals surface area contributed by atoms with Crippen LogP contribution < -0.4 is 14.0 Å². The average Bonchev–Trinajstić information content (AvgIpc) is 2.76. The van der Waals surface area contributed by atoms with Crippen LogP contribution in [0, 0.1) is 10.2 Å². The van der Waals surface area contributed by atoms with Crippen LogP contribution >= 0.6 is 0 Å². The maximum absolute atomic E-state index is 8.60. The van der Waals surface area contributed by atoms with Crippen molar-refractivity contribution in [1.82, 2.24) is 19.1 Å². The molecule has 0 fully saturated rings. The lowest BCUT2D eigenvalue weighted by atomic mass is 10.9. The molecule has 0 aliphatic rings. The molecule has 0 saturated heterocycles. The van der Waals surface area contributed by atoms with Gasteiger partial charge in [0.1, 0.15) is 0 Å². The van der Waals surface area contributed by atoms with E-state index in [2.05, 4.69) is 9.97 Å². The summed E-state index contributed by atoms with van der Waals surface area (Å²) in [6.07, 6.45) is 10.8. The predicted octanol–water partition coefficient (Wildman–Crippen LogP) is -3.28. The molecule has 2 heterocycles. The highest BCUT2D eigenvalue weighted by atomic mass is 35.7. The Bertz CT molecular complexity index is 332. The Morgan fingerprint density at radius 3 is 1.29 bits per heavy atom. The van der Waals surface area contributed by atoms with Crippen LogP contribution in [0.25, 0.3) is 0 Å². The molecule has 17 heavy (non-hydrogen) atoms. The quantitative estimate of drug-likeness (QED) is 0.532. The molecule has 2 aromatic rings. The van der Waals surface area contributed by atoms with Gasteiger partial charge in [0, 0.05) is 38.9 Å². The summed E-state index contributed by atoms with van der Waals surface area (Å²) in [5.74, 6) is 0. The molecule has 0 unspecified atom stereocenters. The van der Waals surface area contributed by atoms with Crippen LogP contribution in [0.3, 0.4) is 0 Å². The molecule has 1 N–H and O–H groups in total. The van der Waals surface area contributed by atoms with Crippen LogP contribution in [-0.2, 0) is 14.1 Å². The molecule has 0 amide bonds. The molecule has 0 aliphatic carbocycles. The Balaban J connectivity index is 0.000000228. The number of rotatable bonds is 0. The molecule has 2 aromatic heterocycles. The van der Waals surface area contributed by atoms with Crippen molar-refractivity contribution in [2.75, 3.05) is 0 Å². The second-order valence-corrected chi connectivity index (χ2v) is 3.64. The molecule has 0 saturated carbocycles. The van der Waals surface area contributed by atoms with E-state index in [-0.39, 0.29) is 0 Å². The number of halogens is 1.